The Morgan fingerprint density at radius 3 is 1.70 bits per heavy atom. The van der Waals surface area contributed by atoms with E-state index in [0.717, 1.165) is 55.7 Å². The molecule has 12 rings (SSSR count). The van der Waals surface area contributed by atoms with Crippen LogP contribution in [0.5, 0.6) is 0 Å². The molecule has 0 aliphatic heterocycles. The van der Waals surface area contributed by atoms with E-state index in [1.807, 2.05) is 23.5 Å². The summed E-state index contributed by atoms with van der Waals surface area (Å²) in [7, 11) is 0. The summed E-state index contributed by atoms with van der Waals surface area (Å²) in [5, 5.41) is 7.38. The third-order valence-electron chi connectivity index (χ3n) is 12.0. The molecule has 2 heterocycles. The zero-order valence-corrected chi connectivity index (χ0v) is 33.9. The van der Waals surface area contributed by atoms with Gasteiger partial charge < -0.3 is 9.32 Å². The van der Waals surface area contributed by atoms with Gasteiger partial charge >= 0.3 is 0 Å². The van der Waals surface area contributed by atoms with E-state index in [2.05, 4.69) is 217 Å². The van der Waals surface area contributed by atoms with E-state index in [0.29, 0.717) is 0 Å². The summed E-state index contributed by atoms with van der Waals surface area (Å²) in [6.45, 7) is 0. The molecule has 2 aromatic heterocycles. The zero-order chi connectivity index (χ0) is 40.3. The molecule has 10 aromatic carbocycles. The summed E-state index contributed by atoms with van der Waals surface area (Å²) in [5.74, 6) is 0. The molecule has 0 aliphatic rings. The molecule has 0 saturated heterocycles. The molecule has 0 atom stereocenters. The lowest BCUT2D eigenvalue weighted by atomic mass is 9.97. The predicted octanol–water partition coefficient (Wildman–Crippen LogP) is 17.2. The minimum Gasteiger partial charge on any atom is -0.456 e. The minimum atomic E-state index is 0.899. The van der Waals surface area contributed by atoms with Gasteiger partial charge in [-0.1, -0.05) is 152 Å². The average Bonchev–Trinajstić information content (AvgIpc) is 3.90. The Kier molecular flexibility index (Phi) is 8.39. The second-order valence-corrected chi connectivity index (χ2v) is 16.8. The molecule has 0 amide bonds. The maximum absolute atomic E-state index is 6.27. The first-order valence-electron chi connectivity index (χ1n) is 20.7. The fraction of sp³-hybridized carbons (Fsp3) is 0. The molecule has 0 radical (unpaired) electrons. The Morgan fingerprint density at radius 1 is 0.311 bits per heavy atom. The molecule has 0 unspecified atom stereocenters. The number of hydrogen-bond acceptors (Lipinski definition) is 3. The molecule has 0 spiro atoms. The summed E-state index contributed by atoms with van der Waals surface area (Å²) in [6.07, 6.45) is 0. The van der Waals surface area contributed by atoms with E-state index >= 15 is 0 Å². The van der Waals surface area contributed by atoms with Crippen LogP contribution in [-0.2, 0) is 0 Å². The molecule has 2 nitrogen and oxygen atoms in total. The van der Waals surface area contributed by atoms with Crippen LogP contribution in [0.2, 0.25) is 0 Å². The van der Waals surface area contributed by atoms with Crippen LogP contribution in [0, 0.1) is 0 Å². The van der Waals surface area contributed by atoms with Crippen molar-refractivity contribution in [1.82, 2.24) is 0 Å². The second-order valence-electron chi connectivity index (χ2n) is 15.7. The third-order valence-corrected chi connectivity index (χ3v) is 13.3. The van der Waals surface area contributed by atoms with Crippen LogP contribution in [-0.4, -0.2) is 0 Å². The van der Waals surface area contributed by atoms with Gasteiger partial charge in [0.25, 0.3) is 0 Å². The number of nitrogens with zero attached hydrogens (tertiary/aromatic N) is 1. The number of hydrogen-bond donors (Lipinski definition) is 0. The van der Waals surface area contributed by atoms with E-state index in [9.17, 15) is 0 Å². The number of benzene rings is 10. The van der Waals surface area contributed by atoms with Crippen LogP contribution >= 0.6 is 11.3 Å². The van der Waals surface area contributed by atoms with E-state index in [4.69, 9.17) is 4.42 Å². The first-order chi connectivity index (χ1) is 30.2. The number of para-hydroxylation sites is 1. The fourth-order valence-corrected chi connectivity index (χ4v) is 10.3. The first-order valence-corrected chi connectivity index (χ1v) is 21.5. The van der Waals surface area contributed by atoms with Gasteiger partial charge in [-0.05, 0) is 128 Å². The van der Waals surface area contributed by atoms with Crippen molar-refractivity contribution in [3.8, 4) is 44.5 Å². The van der Waals surface area contributed by atoms with Crippen molar-refractivity contribution >= 4 is 81.3 Å². The van der Waals surface area contributed by atoms with E-state index in [-0.39, 0.29) is 0 Å². The van der Waals surface area contributed by atoms with Gasteiger partial charge in [0.05, 0.1) is 0 Å². The number of thiophene rings is 1. The van der Waals surface area contributed by atoms with E-state index in [1.54, 1.807) is 0 Å². The van der Waals surface area contributed by atoms with Crippen molar-refractivity contribution in [3.63, 3.8) is 0 Å². The Bertz CT molecular complexity index is 3610. The molecular weight excluding hydrogens is 759 g/mol. The molecule has 0 fully saturated rings. The van der Waals surface area contributed by atoms with Crippen molar-refractivity contribution in [2.24, 2.45) is 0 Å². The predicted molar refractivity (Wildman–Crippen MR) is 261 cm³/mol. The SMILES string of the molecule is c1cc(-c2cccc(N(c3ccc(-c4ccc5c(c4)oc4ccccc45)cc3)c3cccc(-c4ccc5ccccc5c4)c3)c2)cc(-c2cccc3c2sc2ccccc23)c1. The van der Waals surface area contributed by atoms with Crippen LogP contribution < -0.4 is 4.90 Å². The first kappa shape index (κ1) is 35.2. The monoisotopic (exact) mass is 795 g/mol. The van der Waals surface area contributed by atoms with Crippen LogP contribution in [0.25, 0.3) is 97.4 Å². The second kappa shape index (κ2) is 14.5. The standard InChI is InChI=1S/C58H37NOS/c1-2-12-40-33-44(26-25-38(40)11-1)43-15-9-18-49(36-43)59(47-30-27-39(28-31-47)45-29-32-52-51-19-3-5-23-55(51)60-56(52)37-45)48-17-8-14-42(35-48)41-13-7-16-46(34-41)50-21-10-22-54-53-20-4-6-24-57(53)61-58(50)54/h1-37H. The van der Waals surface area contributed by atoms with Gasteiger partial charge in [0.15, 0.2) is 0 Å². The molecule has 3 heteroatoms. The number of furan rings is 1. The summed E-state index contributed by atoms with van der Waals surface area (Å²) >= 11 is 1.88. The number of fused-ring (bicyclic) bond motifs is 7. The van der Waals surface area contributed by atoms with Crippen molar-refractivity contribution < 1.29 is 4.42 Å². The molecule has 0 saturated carbocycles. The third kappa shape index (κ3) is 6.26. The van der Waals surface area contributed by atoms with Gasteiger partial charge in [-0.2, -0.15) is 0 Å². The van der Waals surface area contributed by atoms with Crippen LogP contribution in [0.1, 0.15) is 0 Å². The van der Waals surface area contributed by atoms with Crippen molar-refractivity contribution in [2.75, 3.05) is 4.90 Å². The highest BCUT2D eigenvalue weighted by molar-refractivity contribution is 7.26. The lowest BCUT2D eigenvalue weighted by molar-refractivity contribution is 0.669. The van der Waals surface area contributed by atoms with Gasteiger partial charge in [0.2, 0.25) is 0 Å². The van der Waals surface area contributed by atoms with Gasteiger partial charge in [0, 0.05) is 48.0 Å². The highest BCUT2D eigenvalue weighted by atomic mass is 32.1. The quantitative estimate of drug-likeness (QED) is 0.160. The summed E-state index contributed by atoms with van der Waals surface area (Å²) < 4.78 is 8.91. The Labute approximate surface area is 357 Å². The van der Waals surface area contributed by atoms with Crippen molar-refractivity contribution in [2.45, 2.75) is 0 Å². The lowest BCUT2D eigenvalue weighted by Crippen LogP contribution is -2.10. The lowest BCUT2D eigenvalue weighted by Gasteiger charge is -2.27. The highest BCUT2D eigenvalue weighted by Crippen LogP contribution is 2.43. The fourth-order valence-electron chi connectivity index (χ4n) is 9.01. The van der Waals surface area contributed by atoms with Crippen molar-refractivity contribution in [1.29, 1.82) is 0 Å². The van der Waals surface area contributed by atoms with Crippen LogP contribution in [0.4, 0.5) is 17.1 Å². The molecule has 286 valence electrons. The Hall–Kier alpha value is -7.72. The maximum Gasteiger partial charge on any atom is 0.136 e. The summed E-state index contributed by atoms with van der Waals surface area (Å²) in [5.41, 5.74) is 14.5. The van der Waals surface area contributed by atoms with E-state index in [1.165, 1.54) is 58.8 Å². The van der Waals surface area contributed by atoms with Gasteiger partial charge in [-0.3, -0.25) is 0 Å². The average molecular weight is 796 g/mol. The topological polar surface area (TPSA) is 16.4 Å². The Morgan fingerprint density at radius 2 is 0.885 bits per heavy atom. The van der Waals surface area contributed by atoms with Crippen molar-refractivity contribution in [3.05, 3.63) is 224 Å². The van der Waals surface area contributed by atoms with Gasteiger partial charge in [0.1, 0.15) is 11.2 Å². The van der Waals surface area contributed by atoms with Gasteiger partial charge in [-0.25, -0.2) is 0 Å². The smallest absolute Gasteiger partial charge is 0.136 e. The molecule has 0 N–H and O–H groups in total. The Balaban J connectivity index is 0.953. The zero-order valence-electron chi connectivity index (χ0n) is 33.1. The minimum absolute atomic E-state index is 0.899. The van der Waals surface area contributed by atoms with Gasteiger partial charge in [-0.15, -0.1) is 11.3 Å². The summed E-state index contributed by atoms with van der Waals surface area (Å²) in [6, 6.07) is 81.3. The van der Waals surface area contributed by atoms with E-state index < -0.39 is 0 Å². The number of anilines is 3. The maximum atomic E-state index is 6.27. The molecule has 61 heavy (non-hydrogen) atoms. The normalized spacial score (nSPS) is 11.6. The molecular formula is C58H37NOS. The molecule has 12 aromatic rings. The molecule has 0 aliphatic carbocycles. The highest BCUT2D eigenvalue weighted by Gasteiger charge is 2.17. The van der Waals surface area contributed by atoms with Crippen LogP contribution in [0.15, 0.2) is 229 Å². The number of rotatable bonds is 7. The molecule has 0 bridgehead atoms. The van der Waals surface area contributed by atoms with Crippen LogP contribution in [0.3, 0.4) is 0 Å². The largest absolute Gasteiger partial charge is 0.456 e. The summed E-state index contributed by atoms with van der Waals surface area (Å²) in [4.78, 5) is 2.38.